The van der Waals surface area contributed by atoms with Crippen LogP contribution in [0.4, 0.5) is 19.0 Å². The molecule has 1 aliphatic rings. The van der Waals surface area contributed by atoms with E-state index in [9.17, 15) is 13.2 Å². The smallest absolute Gasteiger partial charge is 0.454 e. The number of hydrogen-bond donors (Lipinski definition) is 0. The number of piperidine rings is 1. The molecule has 1 saturated heterocycles. The van der Waals surface area contributed by atoms with Crippen molar-refractivity contribution in [2.75, 3.05) is 18.0 Å². The summed E-state index contributed by atoms with van der Waals surface area (Å²) in [5.74, 6) is 1.41. The van der Waals surface area contributed by atoms with Gasteiger partial charge in [0.05, 0.1) is 5.02 Å². The van der Waals surface area contributed by atoms with Crippen LogP contribution in [0.5, 0.6) is 17.2 Å². The van der Waals surface area contributed by atoms with Crippen LogP contribution in [-0.4, -0.2) is 24.4 Å². The number of alkyl halides is 3. The van der Waals surface area contributed by atoms with Gasteiger partial charge < -0.3 is 14.4 Å². The summed E-state index contributed by atoms with van der Waals surface area (Å²) in [5, 5.41) is 0.309. The van der Waals surface area contributed by atoms with Crippen molar-refractivity contribution in [3.8, 4) is 17.2 Å². The van der Waals surface area contributed by atoms with Crippen LogP contribution in [0.15, 0.2) is 30.5 Å². The van der Waals surface area contributed by atoms with Crippen LogP contribution in [0, 0.1) is 5.92 Å². The third-order valence-corrected chi connectivity index (χ3v) is 5.33. The molecule has 1 aromatic carbocycles. The fourth-order valence-electron chi connectivity index (χ4n) is 3.15. The molecule has 1 aliphatic heterocycles. The maximum atomic E-state index is 12.3. The average Bonchev–Trinajstić information content (AvgIpc) is 2.64. The van der Waals surface area contributed by atoms with E-state index in [0.29, 0.717) is 22.5 Å². The van der Waals surface area contributed by atoms with Gasteiger partial charge in [0, 0.05) is 31.4 Å². The quantitative estimate of drug-likeness (QED) is 0.523. The zero-order chi connectivity index (χ0) is 20.3. The van der Waals surface area contributed by atoms with E-state index in [1.54, 1.807) is 12.3 Å². The predicted molar refractivity (Wildman–Crippen MR) is 103 cm³/mol. The fourth-order valence-corrected chi connectivity index (χ4v) is 3.63. The lowest BCUT2D eigenvalue weighted by Crippen LogP contribution is -2.34. The highest BCUT2D eigenvalue weighted by Crippen LogP contribution is 2.40. The Kier molecular flexibility index (Phi) is 6.45. The largest absolute Gasteiger partial charge is 0.573 e. The lowest BCUT2D eigenvalue weighted by atomic mass is 9.94. The van der Waals surface area contributed by atoms with Crippen molar-refractivity contribution >= 4 is 29.0 Å². The first-order valence-corrected chi connectivity index (χ1v) is 9.65. The van der Waals surface area contributed by atoms with E-state index in [1.807, 2.05) is 0 Å². The van der Waals surface area contributed by atoms with Gasteiger partial charge in [0.2, 0.25) is 0 Å². The Morgan fingerprint density at radius 2 is 1.86 bits per heavy atom. The topological polar surface area (TPSA) is 34.6 Å². The SMILES string of the molecule is CCC1CCN(c2nccc(Oc3ccc(OC(F)(F)F)cc3Cl)c2Cl)CC1. The van der Waals surface area contributed by atoms with Crippen molar-refractivity contribution in [3.05, 3.63) is 40.5 Å². The van der Waals surface area contributed by atoms with Gasteiger partial charge in [-0.3, -0.25) is 0 Å². The average molecular weight is 435 g/mol. The lowest BCUT2D eigenvalue weighted by Gasteiger charge is -2.33. The Morgan fingerprint density at radius 1 is 1.14 bits per heavy atom. The molecule has 2 heterocycles. The van der Waals surface area contributed by atoms with Gasteiger partial charge in [-0.1, -0.05) is 36.5 Å². The van der Waals surface area contributed by atoms with E-state index in [4.69, 9.17) is 27.9 Å². The van der Waals surface area contributed by atoms with Gasteiger partial charge in [-0.05, 0) is 30.9 Å². The molecule has 0 spiro atoms. The number of ether oxygens (including phenoxy) is 2. The number of rotatable bonds is 5. The van der Waals surface area contributed by atoms with E-state index in [2.05, 4.69) is 21.5 Å². The van der Waals surface area contributed by atoms with Crippen LogP contribution in [0.3, 0.4) is 0 Å². The van der Waals surface area contributed by atoms with E-state index < -0.39 is 12.1 Å². The van der Waals surface area contributed by atoms with Gasteiger partial charge in [0.25, 0.3) is 0 Å². The highest BCUT2D eigenvalue weighted by molar-refractivity contribution is 6.34. The van der Waals surface area contributed by atoms with Crippen LogP contribution in [0.1, 0.15) is 26.2 Å². The molecule has 1 aromatic heterocycles. The maximum Gasteiger partial charge on any atom is 0.573 e. The fraction of sp³-hybridized carbons (Fsp3) is 0.421. The molecule has 0 radical (unpaired) electrons. The Labute approximate surface area is 171 Å². The molecule has 0 saturated carbocycles. The van der Waals surface area contributed by atoms with Gasteiger partial charge in [-0.25, -0.2) is 4.98 Å². The maximum absolute atomic E-state index is 12.3. The number of benzene rings is 1. The number of anilines is 1. The molecule has 152 valence electrons. The molecule has 3 rings (SSSR count). The first-order chi connectivity index (χ1) is 13.3. The zero-order valence-electron chi connectivity index (χ0n) is 15.1. The van der Waals surface area contributed by atoms with Crippen LogP contribution >= 0.6 is 23.2 Å². The van der Waals surface area contributed by atoms with Gasteiger partial charge in [-0.2, -0.15) is 0 Å². The second-order valence-electron chi connectivity index (χ2n) is 6.53. The standard InChI is InChI=1S/C19H19Cl2F3N2O2/c1-2-12-6-9-26(10-7-12)18-17(21)16(5-8-25-18)27-15-4-3-13(11-14(15)20)28-19(22,23)24/h3-5,8,11-12H,2,6-7,9-10H2,1H3. The van der Waals surface area contributed by atoms with Gasteiger partial charge >= 0.3 is 6.36 Å². The number of nitrogens with zero attached hydrogens (tertiary/aromatic N) is 2. The van der Waals surface area contributed by atoms with Gasteiger partial charge in [0.15, 0.2) is 11.6 Å². The number of aromatic nitrogens is 1. The van der Waals surface area contributed by atoms with Crippen LogP contribution in [0.25, 0.3) is 0 Å². The van der Waals surface area contributed by atoms with Crippen molar-refractivity contribution in [3.63, 3.8) is 0 Å². The Balaban J connectivity index is 1.76. The minimum atomic E-state index is -4.79. The number of hydrogen-bond acceptors (Lipinski definition) is 4. The summed E-state index contributed by atoms with van der Waals surface area (Å²) in [4.78, 5) is 6.48. The van der Waals surface area contributed by atoms with Crippen LogP contribution in [-0.2, 0) is 0 Å². The molecule has 0 bridgehead atoms. The van der Waals surface area contributed by atoms with Crippen molar-refractivity contribution < 1.29 is 22.6 Å². The summed E-state index contributed by atoms with van der Waals surface area (Å²) >= 11 is 12.5. The minimum absolute atomic E-state index is 0.0278. The summed E-state index contributed by atoms with van der Waals surface area (Å²) in [5.41, 5.74) is 0. The third-order valence-electron chi connectivity index (χ3n) is 4.68. The summed E-state index contributed by atoms with van der Waals surface area (Å²) in [7, 11) is 0. The monoisotopic (exact) mass is 434 g/mol. The molecule has 1 fully saturated rings. The van der Waals surface area contributed by atoms with Gasteiger partial charge in [0.1, 0.15) is 16.5 Å². The number of halogens is 5. The summed E-state index contributed by atoms with van der Waals surface area (Å²) in [6.45, 7) is 3.91. The van der Waals surface area contributed by atoms with Crippen molar-refractivity contribution in [1.29, 1.82) is 0 Å². The van der Waals surface area contributed by atoms with E-state index in [-0.39, 0.29) is 10.8 Å². The summed E-state index contributed by atoms with van der Waals surface area (Å²) in [6, 6.07) is 5.05. The highest BCUT2D eigenvalue weighted by atomic mass is 35.5. The molecular weight excluding hydrogens is 416 g/mol. The molecule has 0 unspecified atom stereocenters. The second-order valence-corrected chi connectivity index (χ2v) is 7.31. The lowest BCUT2D eigenvalue weighted by molar-refractivity contribution is -0.274. The summed E-state index contributed by atoms with van der Waals surface area (Å²) in [6.07, 6.45) is 0.0978. The van der Waals surface area contributed by atoms with Gasteiger partial charge in [-0.15, -0.1) is 13.2 Å². The van der Waals surface area contributed by atoms with E-state index in [1.165, 1.54) is 6.07 Å². The molecule has 0 amide bonds. The van der Waals surface area contributed by atoms with Crippen LogP contribution in [0.2, 0.25) is 10.0 Å². The molecule has 0 atom stereocenters. The van der Waals surface area contributed by atoms with E-state index in [0.717, 1.165) is 44.5 Å². The zero-order valence-corrected chi connectivity index (χ0v) is 16.6. The molecular formula is C19H19Cl2F3N2O2. The van der Waals surface area contributed by atoms with Crippen molar-refractivity contribution in [2.24, 2.45) is 5.92 Å². The predicted octanol–water partition coefficient (Wildman–Crippen LogP) is 6.71. The Bertz CT molecular complexity index is 825. The summed E-state index contributed by atoms with van der Waals surface area (Å²) < 4.78 is 46.5. The highest BCUT2D eigenvalue weighted by Gasteiger charge is 2.31. The molecule has 0 aliphatic carbocycles. The second kappa shape index (κ2) is 8.66. The Morgan fingerprint density at radius 3 is 2.46 bits per heavy atom. The normalized spacial score (nSPS) is 15.6. The van der Waals surface area contributed by atoms with Crippen LogP contribution < -0.4 is 14.4 Å². The molecule has 28 heavy (non-hydrogen) atoms. The first kappa shape index (κ1) is 20.9. The molecule has 9 heteroatoms. The van der Waals surface area contributed by atoms with Crippen molar-refractivity contribution in [2.45, 2.75) is 32.5 Å². The number of pyridine rings is 1. The first-order valence-electron chi connectivity index (χ1n) is 8.89. The minimum Gasteiger partial charge on any atom is -0.454 e. The van der Waals surface area contributed by atoms with E-state index >= 15 is 0 Å². The van der Waals surface area contributed by atoms with Crippen molar-refractivity contribution in [1.82, 2.24) is 4.98 Å². The molecule has 4 nitrogen and oxygen atoms in total. The molecule has 0 N–H and O–H groups in total. The third kappa shape index (κ3) is 5.14. The molecule has 2 aromatic rings. The Hall–Kier alpha value is -1.86.